The van der Waals surface area contributed by atoms with Crippen LogP contribution in [0.1, 0.15) is 23.7 Å². The van der Waals surface area contributed by atoms with Crippen LogP contribution in [0, 0.1) is 6.92 Å². The molecule has 3 rings (SSSR count). The summed E-state index contributed by atoms with van der Waals surface area (Å²) in [6.07, 6.45) is 5.07. The lowest BCUT2D eigenvalue weighted by Crippen LogP contribution is -2.23. The Balaban J connectivity index is 1.88. The molecule has 2 heterocycles. The number of hydrogen-bond acceptors (Lipinski definition) is 8. The number of pyridine rings is 1. The predicted octanol–water partition coefficient (Wildman–Crippen LogP) is 2.92. The van der Waals surface area contributed by atoms with Crippen molar-refractivity contribution in [3.05, 3.63) is 69.9 Å². The molecule has 150 valence electrons. The molecule has 0 aliphatic carbocycles. The second kappa shape index (κ2) is 9.83. The van der Waals surface area contributed by atoms with Crippen LogP contribution in [0.2, 0.25) is 0 Å². The highest BCUT2D eigenvalue weighted by Crippen LogP contribution is 2.27. The maximum Gasteiger partial charge on any atom is 0.296 e. The lowest BCUT2D eigenvalue weighted by atomic mass is 10.2. The van der Waals surface area contributed by atoms with Crippen LogP contribution in [0.15, 0.2) is 57.8 Å². The van der Waals surface area contributed by atoms with Gasteiger partial charge >= 0.3 is 0 Å². The fraction of sp³-hybridized carbons (Fsp3) is 0.250. The van der Waals surface area contributed by atoms with Crippen LogP contribution < -0.4 is 15.0 Å². The molecule has 1 aromatic carbocycles. The summed E-state index contributed by atoms with van der Waals surface area (Å²) >= 11 is 1.37. The van der Waals surface area contributed by atoms with Gasteiger partial charge in [0.15, 0.2) is 11.5 Å². The van der Waals surface area contributed by atoms with Crippen LogP contribution >= 0.6 is 11.8 Å². The first-order valence-corrected chi connectivity index (χ1v) is 9.94. The van der Waals surface area contributed by atoms with E-state index in [1.807, 2.05) is 25.1 Å². The quantitative estimate of drug-likeness (QED) is 0.416. The number of nitrogens with zero attached hydrogens (tertiary/aromatic N) is 5. The largest absolute Gasteiger partial charge is 0.493 e. The van der Waals surface area contributed by atoms with Crippen LogP contribution in [0.5, 0.6) is 11.5 Å². The lowest BCUT2D eigenvalue weighted by molar-refractivity contribution is 0.311. The van der Waals surface area contributed by atoms with Crippen molar-refractivity contribution >= 4 is 18.0 Å². The topological polar surface area (TPSA) is 91.5 Å². The van der Waals surface area contributed by atoms with E-state index >= 15 is 0 Å². The van der Waals surface area contributed by atoms with Crippen molar-refractivity contribution in [3.63, 3.8) is 0 Å². The Labute approximate surface area is 172 Å². The van der Waals surface area contributed by atoms with Crippen LogP contribution in [-0.4, -0.2) is 39.8 Å². The first kappa shape index (κ1) is 20.5. The van der Waals surface area contributed by atoms with Gasteiger partial charge in [0, 0.05) is 18.1 Å². The number of thioether (sulfide) groups is 1. The molecule has 3 aromatic rings. The van der Waals surface area contributed by atoms with Gasteiger partial charge < -0.3 is 9.47 Å². The zero-order valence-corrected chi connectivity index (χ0v) is 17.2. The van der Waals surface area contributed by atoms with Crippen molar-refractivity contribution in [2.24, 2.45) is 5.10 Å². The molecule has 8 nitrogen and oxygen atoms in total. The van der Waals surface area contributed by atoms with Gasteiger partial charge in [-0.2, -0.15) is 9.78 Å². The van der Waals surface area contributed by atoms with Crippen LogP contribution in [0.3, 0.4) is 0 Å². The zero-order chi connectivity index (χ0) is 20.6. The summed E-state index contributed by atoms with van der Waals surface area (Å²) < 4.78 is 12.1. The summed E-state index contributed by atoms with van der Waals surface area (Å²) in [5.41, 5.74) is 1.74. The number of methoxy groups -OCH3 is 1. The second-order valence-electron chi connectivity index (χ2n) is 5.92. The maximum absolute atomic E-state index is 12.6. The Kier molecular flexibility index (Phi) is 6.96. The third kappa shape index (κ3) is 5.20. The third-order valence-corrected chi connectivity index (χ3v) is 4.86. The molecule has 0 unspecified atom stereocenters. The average molecular weight is 411 g/mol. The summed E-state index contributed by atoms with van der Waals surface area (Å²) in [5, 5.41) is 12.8. The minimum absolute atomic E-state index is 0.276. The average Bonchev–Trinajstić information content (AvgIpc) is 2.75. The molecule has 0 N–H and O–H groups in total. The molecule has 0 fully saturated rings. The minimum Gasteiger partial charge on any atom is -0.493 e. The van der Waals surface area contributed by atoms with Crippen molar-refractivity contribution in [1.29, 1.82) is 0 Å². The highest BCUT2D eigenvalue weighted by Gasteiger charge is 2.10. The number of aryl methyl sites for hydroxylation is 1. The fourth-order valence-electron chi connectivity index (χ4n) is 2.43. The minimum atomic E-state index is -0.316. The van der Waals surface area contributed by atoms with Gasteiger partial charge in [-0.3, -0.25) is 9.78 Å². The highest BCUT2D eigenvalue weighted by atomic mass is 32.2. The molecule has 0 aliphatic heterocycles. The van der Waals surface area contributed by atoms with Gasteiger partial charge in [0.2, 0.25) is 5.16 Å². The molecule has 0 saturated heterocycles. The SMILES string of the molecule is CCOc1cc(/C=N/n2c(SCc3cccnc3)nnc(C)c2=O)ccc1OC. The molecule has 0 spiro atoms. The third-order valence-electron chi connectivity index (χ3n) is 3.87. The molecule has 0 saturated carbocycles. The van der Waals surface area contributed by atoms with E-state index < -0.39 is 0 Å². The fourth-order valence-corrected chi connectivity index (χ4v) is 3.25. The summed E-state index contributed by atoms with van der Waals surface area (Å²) in [7, 11) is 1.59. The van der Waals surface area contributed by atoms with Gasteiger partial charge in [0.25, 0.3) is 5.56 Å². The van der Waals surface area contributed by atoms with Crippen molar-refractivity contribution in [3.8, 4) is 11.5 Å². The summed E-state index contributed by atoms with van der Waals surface area (Å²) in [6.45, 7) is 4.02. The molecule has 0 amide bonds. The Hall–Kier alpha value is -3.20. The summed E-state index contributed by atoms with van der Waals surface area (Å²) in [5.74, 6) is 1.84. The molecule has 9 heteroatoms. The zero-order valence-electron chi connectivity index (χ0n) is 16.4. The Morgan fingerprint density at radius 3 is 2.83 bits per heavy atom. The first-order valence-electron chi connectivity index (χ1n) is 8.95. The molecular weight excluding hydrogens is 390 g/mol. The van der Waals surface area contributed by atoms with E-state index in [1.165, 1.54) is 16.4 Å². The molecule has 29 heavy (non-hydrogen) atoms. The molecule has 0 radical (unpaired) electrons. The van der Waals surface area contributed by atoms with E-state index in [2.05, 4.69) is 20.3 Å². The van der Waals surface area contributed by atoms with E-state index in [9.17, 15) is 4.79 Å². The number of aromatic nitrogens is 4. The van der Waals surface area contributed by atoms with Gasteiger partial charge in [-0.1, -0.05) is 17.8 Å². The Morgan fingerprint density at radius 2 is 2.10 bits per heavy atom. The van der Waals surface area contributed by atoms with Gasteiger partial charge in [-0.15, -0.1) is 10.2 Å². The predicted molar refractivity (Wildman–Crippen MR) is 112 cm³/mol. The van der Waals surface area contributed by atoms with E-state index in [-0.39, 0.29) is 11.3 Å². The monoisotopic (exact) mass is 411 g/mol. The summed E-state index contributed by atoms with van der Waals surface area (Å²) in [6, 6.07) is 9.26. The number of ether oxygens (including phenoxy) is 2. The number of hydrogen-bond donors (Lipinski definition) is 0. The van der Waals surface area contributed by atoms with Crippen molar-refractivity contribution < 1.29 is 9.47 Å². The van der Waals surface area contributed by atoms with Crippen molar-refractivity contribution in [2.45, 2.75) is 24.8 Å². The van der Waals surface area contributed by atoms with Gasteiger partial charge in [0.1, 0.15) is 5.69 Å². The molecule has 0 atom stereocenters. The van der Waals surface area contributed by atoms with Crippen molar-refractivity contribution in [1.82, 2.24) is 19.9 Å². The molecule has 2 aromatic heterocycles. The van der Waals surface area contributed by atoms with E-state index in [4.69, 9.17) is 9.47 Å². The Morgan fingerprint density at radius 1 is 1.24 bits per heavy atom. The molecule has 0 aliphatic rings. The van der Waals surface area contributed by atoms with Crippen molar-refractivity contribution in [2.75, 3.05) is 13.7 Å². The first-order chi connectivity index (χ1) is 14.1. The maximum atomic E-state index is 12.6. The second-order valence-corrected chi connectivity index (χ2v) is 6.87. The number of rotatable bonds is 8. The van der Waals surface area contributed by atoms with Gasteiger partial charge in [0.05, 0.1) is 19.9 Å². The van der Waals surface area contributed by atoms with Gasteiger partial charge in [-0.05, 0) is 49.2 Å². The number of benzene rings is 1. The van der Waals surface area contributed by atoms with Gasteiger partial charge in [-0.25, -0.2) is 0 Å². The smallest absolute Gasteiger partial charge is 0.296 e. The highest BCUT2D eigenvalue weighted by molar-refractivity contribution is 7.98. The van der Waals surface area contributed by atoms with Crippen LogP contribution in [0.25, 0.3) is 0 Å². The normalized spacial score (nSPS) is 11.0. The van der Waals surface area contributed by atoms with Crippen LogP contribution in [-0.2, 0) is 5.75 Å². The summed E-state index contributed by atoms with van der Waals surface area (Å²) in [4.78, 5) is 16.7. The van der Waals surface area contributed by atoms with E-state index in [0.717, 1.165) is 11.1 Å². The van der Waals surface area contributed by atoms with E-state index in [0.29, 0.717) is 29.0 Å². The van der Waals surface area contributed by atoms with Crippen LogP contribution in [0.4, 0.5) is 0 Å². The molecular formula is C20H21N5O3S. The Bertz CT molecular complexity index is 1050. The van der Waals surface area contributed by atoms with E-state index in [1.54, 1.807) is 44.8 Å². The lowest BCUT2D eigenvalue weighted by Gasteiger charge is -2.10. The standard InChI is InChI=1S/C20H21N5O3S/c1-4-28-18-10-15(7-8-17(18)27-3)12-22-25-19(26)14(2)23-24-20(25)29-13-16-6-5-9-21-11-16/h5-12H,4,13H2,1-3H3/b22-12+. The molecule has 0 bridgehead atoms.